The molecule has 0 saturated carbocycles. The SMILES string of the molecule is CCCCOc1ccc(C(c2c(C)[nH]n(-c3cccc(C(=O)O)c3)c2=O)c2c(C)[nH]n(-c3cccc(C(=O)O)c3)c2=O)cc1OCC. The van der Waals surface area contributed by atoms with E-state index >= 15 is 0 Å². The Morgan fingerprint density at radius 3 is 1.74 bits per heavy atom. The largest absolute Gasteiger partial charge is 0.490 e. The van der Waals surface area contributed by atoms with Gasteiger partial charge in [-0.2, -0.15) is 0 Å². The van der Waals surface area contributed by atoms with E-state index in [2.05, 4.69) is 17.1 Å². The Balaban J connectivity index is 1.75. The van der Waals surface area contributed by atoms with Crippen LogP contribution in [0, 0.1) is 13.8 Å². The Hall–Kier alpha value is -5.78. The van der Waals surface area contributed by atoms with E-state index in [9.17, 15) is 29.4 Å². The first-order chi connectivity index (χ1) is 22.5. The van der Waals surface area contributed by atoms with Gasteiger partial charge in [0.05, 0.1) is 46.8 Å². The number of hydrogen-bond acceptors (Lipinski definition) is 6. The molecule has 5 rings (SSSR count). The number of nitrogens with zero attached hydrogens (tertiary/aromatic N) is 2. The van der Waals surface area contributed by atoms with Crippen molar-refractivity contribution in [2.24, 2.45) is 0 Å². The molecule has 0 amide bonds. The number of hydrogen-bond donors (Lipinski definition) is 4. The summed E-state index contributed by atoms with van der Waals surface area (Å²) >= 11 is 0. The smallest absolute Gasteiger partial charge is 0.335 e. The van der Waals surface area contributed by atoms with Crippen LogP contribution in [-0.4, -0.2) is 54.9 Å². The molecule has 3 aromatic carbocycles. The summed E-state index contributed by atoms with van der Waals surface area (Å²) in [7, 11) is 0. The van der Waals surface area contributed by atoms with E-state index in [0.29, 0.717) is 53.0 Å². The van der Waals surface area contributed by atoms with Crippen molar-refractivity contribution in [1.29, 1.82) is 0 Å². The zero-order chi connectivity index (χ0) is 33.8. The van der Waals surface area contributed by atoms with Gasteiger partial charge < -0.3 is 19.7 Å². The number of rotatable bonds is 13. The maximum atomic E-state index is 14.3. The summed E-state index contributed by atoms with van der Waals surface area (Å²) < 4.78 is 14.5. The Morgan fingerprint density at radius 1 is 0.745 bits per heavy atom. The molecule has 0 spiro atoms. The number of unbranched alkanes of at least 4 members (excludes halogenated alkanes) is 1. The number of aromatic amines is 2. The van der Waals surface area contributed by atoms with E-state index in [-0.39, 0.29) is 22.3 Å². The number of carbonyl (C=O) groups is 2. The molecule has 4 N–H and O–H groups in total. The topological polar surface area (TPSA) is 169 Å². The van der Waals surface area contributed by atoms with Crippen LogP contribution in [0.15, 0.2) is 76.3 Å². The minimum atomic E-state index is -1.14. The first kappa shape index (κ1) is 32.6. The van der Waals surface area contributed by atoms with Gasteiger partial charge >= 0.3 is 11.9 Å². The molecule has 0 unspecified atom stereocenters. The number of aromatic nitrogens is 4. The number of aromatic carboxylic acids is 2. The van der Waals surface area contributed by atoms with Crippen LogP contribution in [0.25, 0.3) is 11.4 Å². The lowest BCUT2D eigenvalue weighted by Crippen LogP contribution is -2.25. The quantitative estimate of drug-likeness (QED) is 0.124. The molecule has 2 aromatic heterocycles. The molecular weight excluding hydrogens is 604 g/mol. The third-order valence-electron chi connectivity index (χ3n) is 7.87. The Kier molecular flexibility index (Phi) is 9.50. The molecule has 5 aromatic rings. The fourth-order valence-electron chi connectivity index (χ4n) is 5.61. The van der Waals surface area contributed by atoms with E-state index in [1.54, 1.807) is 56.3 Å². The zero-order valence-corrected chi connectivity index (χ0v) is 26.5. The molecule has 12 nitrogen and oxygen atoms in total. The van der Waals surface area contributed by atoms with Crippen molar-refractivity contribution >= 4 is 11.9 Å². The third-order valence-corrected chi connectivity index (χ3v) is 7.87. The highest BCUT2D eigenvalue weighted by Gasteiger charge is 2.32. The monoisotopic (exact) mass is 640 g/mol. The minimum Gasteiger partial charge on any atom is -0.490 e. The molecule has 2 heterocycles. The lowest BCUT2D eigenvalue weighted by molar-refractivity contribution is 0.0686. The van der Waals surface area contributed by atoms with Crippen molar-refractivity contribution in [3.8, 4) is 22.9 Å². The van der Waals surface area contributed by atoms with E-state index in [1.165, 1.54) is 33.6 Å². The highest BCUT2D eigenvalue weighted by atomic mass is 16.5. The lowest BCUT2D eigenvalue weighted by atomic mass is 9.85. The Bertz CT molecular complexity index is 1950. The van der Waals surface area contributed by atoms with E-state index in [1.807, 2.05) is 6.92 Å². The minimum absolute atomic E-state index is 0.00716. The van der Waals surface area contributed by atoms with E-state index in [0.717, 1.165) is 12.8 Å². The highest BCUT2D eigenvalue weighted by Crippen LogP contribution is 2.37. The number of aryl methyl sites for hydroxylation is 2. The maximum Gasteiger partial charge on any atom is 0.335 e. The van der Waals surface area contributed by atoms with Crippen molar-refractivity contribution in [1.82, 2.24) is 19.6 Å². The van der Waals surface area contributed by atoms with Crippen LogP contribution in [0.4, 0.5) is 0 Å². The van der Waals surface area contributed by atoms with E-state index < -0.39 is 29.0 Å². The van der Waals surface area contributed by atoms with Gasteiger partial charge in [-0.25, -0.2) is 19.0 Å². The summed E-state index contributed by atoms with van der Waals surface area (Å²) in [6.07, 6.45) is 1.80. The summed E-state index contributed by atoms with van der Waals surface area (Å²) in [5.41, 5.74) is 1.71. The normalized spacial score (nSPS) is 11.2. The second-order valence-electron chi connectivity index (χ2n) is 11.1. The summed E-state index contributed by atoms with van der Waals surface area (Å²) in [6.45, 7) is 8.18. The average molecular weight is 641 g/mol. The van der Waals surface area contributed by atoms with Crippen LogP contribution in [0.5, 0.6) is 11.5 Å². The van der Waals surface area contributed by atoms with Crippen LogP contribution in [-0.2, 0) is 0 Å². The standard InChI is InChI=1S/C35H36N4O8/c1-5-7-16-47-27-15-14-22(19-28(27)46-6-2)31(29-20(3)36-38(32(29)40)25-12-8-10-23(17-25)34(42)43)30-21(4)37-39(33(30)41)26-13-9-11-24(18-26)35(44)45/h8-15,17-19,31,36-37H,5-7,16H2,1-4H3,(H,42,43)(H,44,45). The maximum absolute atomic E-state index is 14.3. The van der Waals surface area contributed by atoms with Crippen molar-refractivity contribution in [2.75, 3.05) is 13.2 Å². The number of benzene rings is 3. The van der Waals surface area contributed by atoms with Crippen LogP contribution in [0.1, 0.15) is 81.4 Å². The molecule has 0 bridgehead atoms. The molecule has 0 aliphatic carbocycles. The van der Waals surface area contributed by atoms with E-state index in [4.69, 9.17) is 9.47 Å². The fourth-order valence-corrected chi connectivity index (χ4v) is 5.61. The summed E-state index contributed by atoms with van der Waals surface area (Å²) in [6, 6.07) is 17.3. The van der Waals surface area contributed by atoms with Crippen LogP contribution >= 0.6 is 0 Å². The van der Waals surface area contributed by atoms with Gasteiger partial charge in [0.1, 0.15) is 0 Å². The van der Waals surface area contributed by atoms with Crippen molar-refractivity contribution in [3.05, 3.63) is 127 Å². The summed E-state index contributed by atoms with van der Waals surface area (Å²) in [5, 5.41) is 25.2. The summed E-state index contributed by atoms with van der Waals surface area (Å²) in [5.74, 6) is -2.20. The molecule has 47 heavy (non-hydrogen) atoms. The lowest BCUT2D eigenvalue weighted by Gasteiger charge is -2.19. The predicted molar refractivity (Wildman–Crippen MR) is 175 cm³/mol. The van der Waals surface area contributed by atoms with Crippen molar-refractivity contribution in [2.45, 2.75) is 46.5 Å². The van der Waals surface area contributed by atoms with Gasteiger partial charge in [-0.15, -0.1) is 0 Å². The predicted octanol–water partition coefficient (Wildman–Crippen LogP) is 5.42. The molecule has 12 heteroatoms. The fraction of sp³-hybridized carbons (Fsp3) is 0.257. The highest BCUT2D eigenvalue weighted by molar-refractivity contribution is 5.88. The van der Waals surface area contributed by atoms with Gasteiger partial charge in [-0.05, 0) is 81.3 Å². The number of ether oxygens (including phenoxy) is 2. The first-order valence-corrected chi connectivity index (χ1v) is 15.3. The average Bonchev–Trinajstić information content (AvgIpc) is 3.52. The van der Waals surface area contributed by atoms with Gasteiger partial charge in [0, 0.05) is 17.3 Å². The first-order valence-electron chi connectivity index (χ1n) is 15.3. The Labute approximate surface area is 269 Å². The molecular formula is C35H36N4O8. The number of nitrogens with one attached hydrogen (secondary N) is 2. The van der Waals surface area contributed by atoms with Gasteiger partial charge in [0.2, 0.25) is 0 Å². The number of carboxylic acids is 2. The molecule has 0 aliphatic heterocycles. The zero-order valence-electron chi connectivity index (χ0n) is 26.5. The van der Waals surface area contributed by atoms with Crippen molar-refractivity contribution < 1.29 is 29.3 Å². The second kappa shape index (κ2) is 13.7. The third kappa shape index (κ3) is 6.48. The van der Waals surface area contributed by atoms with Gasteiger partial charge in [-0.1, -0.05) is 31.5 Å². The van der Waals surface area contributed by atoms with Gasteiger partial charge in [0.15, 0.2) is 11.5 Å². The number of carboxylic acid groups (broad SMARTS) is 2. The Morgan fingerprint density at radius 2 is 1.28 bits per heavy atom. The van der Waals surface area contributed by atoms with Crippen molar-refractivity contribution in [3.63, 3.8) is 0 Å². The molecule has 0 saturated heterocycles. The molecule has 0 fully saturated rings. The molecule has 0 atom stereocenters. The second-order valence-corrected chi connectivity index (χ2v) is 11.1. The van der Waals surface area contributed by atoms with Crippen LogP contribution < -0.4 is 20.6 Å². The molecule has 0 radical (unpaired) electrons. The van der Waals surface area contributed by atoms with Gasteiger partial charge in [0.25, 0.3) is 11.1 Å². The number of H-pyrrole nitrogens is 2. The summed E-state index contributed by atoms with van der Waals surface area (Å²) in [4.78, 5) is 51.9. The van der Waals surface area contributed by atoms with Crippen LogP contribution in [0.3, 0.4) is 0 Å². The van der Waals surface area contributed by atoms with Crippen LogP contribution in [0.2, 0.25) is 0 Å². The van der Waals surface area contributed by atoms with Gasteiger partial charge in [-0.3, -0.25) is 19.8 Å². The molecule has 244 valence electrons. The molecule has 0 aliphatic rings.